The number of aromatic nitrogens is 1. The minimum atomic E-state index is -0.713. The highest BCUT2D eigenvalue weighted by Gasteiger charge is 2.19. The number of hydrogen-bond donors (Lipinski definition) is 3. The number of fused-ring (bicyclic) bond motifs is 1. The van der Waals surface area contributed by atoms with Crippen LogP contribution in [-0.2, 0) is 4.79 Å². The fraction of sp³-hybridized carbons (Fsp3) is 0.188. The zero-order chi connectivity index (χ0) is 17.3. The van der Waals surface area contributed by atoms with Crippen molar-refractivity contribution >= 4 is 23.3 Å². The number of hydrogen-bond acceptors (Lipinski definition) is 4. The molecule has 0 saturated heterocycles. The summed E-state index contributed by atoms with van der Waals surface area (Å²) in [6.07, 6.45) is 1.36. The van der Waals surface area contributed by atoms with Gasteiger partial charge in [-0.15, -0.1) is 0 Å². The molecular formula is C16H14F2N4O2. The average Bonchev–Trinajstić information content (AvgIpc) is 2.53. The van der Waals surface area contributed by atoms with Gasteiger partial charge in [0, 0.05) is 12.3 Å². The molecule has 1 unspecified atom stereocenters. The van der Waals surface area contributed by atoms with Gasteiger partial charge >= 0.3 is 0 Å². The minimum Gasteiger partial charge on any atom is -0.359 e. The molecule has 1 atom stereocenters. The average molecular weight is 332 g/mol. The number of rotatable bonds is 3. The lowest BCUT2D eigenvalue weighted by Crippen LogP contribution is -2.30. The van der Waals surface area contributed by atoms with Crippen LogP contribution in [-0.4, -0.2) is 23.3 Å². The largest absolute Gasteiger partial charge is 0.359 e. The molecule has 24 heavy (non-hydrogen) atoms. The normalized spacial score (nSPS) is 14.2. The summed E-state index contributed by atoms with van der Waals surface area (Å²) in [5.74, 6) is -1.65. The van der Waals surface area contributed by atoms with E-state index in [2.05, 4.69) is 20.9 Å². The number of amides is 2. The topological polar surface area (TPSA) is 83.1 Å². The number of nitrogens with zero attached hydrogens (tertiary/aromatic N) is 1. The Morgan fingerprint density at radius 2 is 1.96 bits per heavy atom. The van der Waals surface area contributed by atoms with Crippen molar-refractivity contribution < 1.29 is 18.4 Å². The molecule has 3 rings (SSSR count). The van der Waals surface area contributed by atoms with Gasteiger partial charge in [0.2, 0.25) is 5.91 Å². The second-order valence-electron chi connectivity index (χ2n) is 5.42. The number of anilines is 2. The van der Waals surface area contributed by atoms with Crippen LogP contribution in [0.2, 0.25) is 0 Å². The number of benzene rings is 1. The molecule has 8 heteroatoms. The predicted octanol–water partition coefficient (Wildman–Crippen LogP) is 2.21. The summed E-state index contributed by atoms with van der Waals surface area (Å²) in [7, 11) is 0. The summed E-state index contributed by atoms with van der Waals surface area (Å²) in [6, 6.07) is 3.96. The van der Waals surface area contributed by atoms with Gasteiger partial charge in [-0.3, -0.25) is 9.59 Å². The van der Waals surface area contributed by atoms with Crippen LogP contribution in [0.4, 0.5) is 20.3 Å². The van der Waals surface area contributed by atoms with Crippen molar-refractivity contribution in [2.45, 2.75) is 13.0 Å². The molecule has 1 aromatic heterocycles. The first-order chi connectivity index (χ1) is 11.4. The summed E-state index contributed by atoms with van der Waals surface area (Å²) in [5.41, 5.74) is 0.937. The van der Waals surface area contributed by atoms with Crippen LogP contribution in [0.25, 0.3) is 0 Å². The van der Waals surface area contributed by atoms with Gasteiger partial charge in [0.05, 0.1) is 23.8 Å². The molecule has 0 spiro atoms. The molecule has 0 bridgehead atoms. The highest BCUT2D eigenvalue weighted by atomic mass is 19.1. The molecule has 2 amide bonds. The zero-order valence-electron chi connectivity index (χ0n) is 12.7. The monoisotopic (exact) mass is 332 g/mol. The maximum atomic E-state index is 13.3. The summed E-state index contributed by atoms with van der Waals surface area (Å²) in [4.78, 5) is 27.7. The Kier molecular flexibility index (Phi) is 4.11. The number of halogens is 2. The van der Waals surface area contributed by atoms with Gasteiger partial charge in [-0.25, -0.2) is 13.8 Å². The highest BCUT2D eigenvalue weighted by Crippen LogP contribution is 2.23. The zero-order valence-corrected chi connectivity index (χ0v) is 12.7. The van der Waals surface area contributed by atoms with E-state index < -0.39 is 23.6 Å². The van der Waals surface area contributed by atoms with Gasteiger partial charge in [0.15, 0.2) is 0 Å². The van der Waals surface area contributed by atoms with Crippen molar-refractivity contribution in [3.63, 3.8) is 0 Å². The van der Waals surface area contributed by atoms with E-state index in [1.165, 1.54) is 12.3 Å². The molecule has 1 aliphatic rings. The van der Waals surface area contributed by atoms with E-state index in [1.54, 1.807) is 6.92 Å². The van der Waals surface area contributed by atoms with Crippen molar-refractivity contribution in [1.82, 2.24) is 10.3 Å². The van der Waals surface area contributed by atoms with Crippen LogP contribution in [0.5, 0.6) is 0 Å². The van der Waals surface area contributed by atoms with E-state index in [-0.39, 0.29) is 18.0 Å². The van der Waals surface area contributed by atoms with Gasteiger partial charge in [-0.05, 0) is 30.7 Å². The summed E-state index contributed by atoms with van der Waals surface area (Å²) >= 11 is 0. The molecule has 1 aromatic carbocycles. The van der Waals surface area contributed by atoms with Crippen molar-refractivity contribution in [3.8, 4) is 0 Å². The van der Waals surface area contributed by atoms with Gasteiger partial charge < -0.3 is 16.0 Å². The van der Waals surface area contributed by atoms with Gasteiger partial charge in [0.25, 0.3) is 5.91 Å². The van der Waals surface area contributed by atoms with Crippen LogP contribution in [0.15, 0.2) is 30.5 Å². The number of carbonyl (C=O) groups is 2. The maximum Gasteiger partial charge on any atom is 0.253 e. The summed E-state index contributed by atoms with van der Waals surface area (Å²) < 4.78 is 26.5. The van der Waals surface area contributed by atoms with Crippen molar-refractivity contribution in [1.29, 1.82) is 0 Å². The summed E-state index contributed by atoms with van der Waals surface area (Å²) in [5, 5.41) is 8.07. The quantitative estimate of drug-likeness (QED) is 0.805. The molecule has 3 N–H and O–H groups in total. The number of carbonyl (C=O) groups excluding carboxylic acids is 2. The lowest BCUT2D eigenvalue weighted by atomic mass is 10.1. The minimum absolute atomic E-state index is 0.119. The first kappa shape index (κ1) is 15.9. The van der Waals surface area contributed by atoms with E-state index in [4.69, 9.17) is 0 Å². The Balaban J connectivity index is 1.77. The van der Waals surface area contributed by atoms with E-state index in [1.807, 2.05) is 0 Å². The smallest absolute Gasteiger partial charge is 0.253 e. The maximum absolute atomic E-state index is 13.3. The third kappa shape index (κ3) is 3.32. The Bertz CT molecular complexity index is 805. The molecule has 0 radical (unpaired) electrons. The predicted molar refractivity (Wildman–Crippen MR) is 83.6 cm³/mol. The second kappa shape index (κ2) is 6.23. The van der Waals surface area contributed by atoms with Crippen LogP contribution < -0.4 is 16.0 Å². The first-order valence-electron chi connectivity index (χ1n) is 7.23. The fourth-order valence-electron chi connectivity index (χ4n) is 2.37. The Morgan fingerprint density at radius 3 is 2.67 bits per heavy atom. The summed E-state index contributed by atoms with van der Waals surface area (Å²) in [6.45, 7) is 1.73. The lowest BCUT2D eigenvalue weighted by molar-refractivity contribution is -0.114. The molecular weight excluding hydrogens is 318 g/mol. The number of nitrogens with one attached hydrogen (secondary N) is 3. The standard InChI is InChI=1S/C16H14F2N4O2/c1-8(9-2-11(17)5-12(18)3-9)21-16(24)10-4-13-15(19-6-10)20-7-14(23)22-13/h2-6,8H,7H2,1H3,(H,19,20)(H,21,24)(H,22,23). The van der Waals surface area contributed by atoms with Gasteiger partial charge in [-0.2, -0.15) is 0 Å². The Hall–Kier alpha value is -3.03. The molecule has 2 aromatic rings. The second-order valence-corrected chi connectivity index (χ2v) is 5.42. The van der Waals surface area contributed by atoms with Crippen molar-refractivity contribution in [2.24, 2.45) is 0 Å². The van der Waals surface area contributed by atoms with Crippen LogP contribution in [0, 0.1) is 11.6 Å². The fourth-order valence-corrected chi connectivity index (χ4v) is 2.37. The third-order valence-electron chi connectivity index (χ3n) is 3.57. The molecule has 124 valence electrons. The first-order valence-corrected chi connectivity index (χ1v) is 7.23. The molecule has 0 fully saturated rings. The Labute approximate surface area is 136 Å². The lowest BCUT2D eigenvalue weighted by Gasteiger charge is -2.19. The van der Waals surface area contributed by atoms with Crippen LogP contribution in [0.1, 0.15) is 28.9 Å². The van der Waals surface area contributed by atoms with Crippen molar-refractivity contribution in [2.75, 3.05) is 17.2 Å². The van der Waals surface area contributed by atoms with Gasteiger partial charge in [-0.1, -0.05) is 0 Å². The molecule has 2 heterocycles. The molecule has 1 aliphatic heterocycles. The molecule has 6 nitrogen and oxygen atoms in total. The number of pyridine rings is 1. The molecule has 0 aliphatic carbocycles. The third-order valence-corrected chi connectivity index (χ3v) is 3.57. The van der Waals surface area contributed by atoms with E-state index >= 15 is 0 Å². The van der Waals surface area contributed by atoms with E-state index in [9.17, 15) is 18.4 Å². The van der Waals surface area contributed by atoms with Crippen LogP contribution in [0.3, 0.4) is 0 Å². The molecule has 0 saturated carbocycles. The van der Waals surface area contributed by atoms with E-state index in [0.29, 0.717) is 17.1 Å². The van der Waals surface area contributed by atoms with Crippen LogP contribution >= 0.6 is 0 Å². The van der Waals surface area contributed by atoms with Crippen molar-refractivity contribution in [3.05, 3.63) is 53.2 Å². The van der Waals surface area contributed by atoms with Gasteiger partial charge in [0.1, 0.15) is 17.5 Å². The Morgan fingerprint density at radius 1 is 1.25 bits per heavy atom. The van der Waals surface area contributed by atoms with E-state index in [0.717, 1.165) is 18.2 Å². The SMILES string of the molecule is CC(NC(=O)c1cnc2c(c1)NC(=O)CN2)c1cc(F)cc(F)c1. The highest BCUT2D eigenvalue weighted by molar-refractivity contribution is 6.02.